The Morgan fingerprint density at radius 3 is 1.95 bits per heavy atom. The minimum absolute atomic E-state index is 0.0435. The summed E-state index contributed by atoms with van der Waals surface area (Å²) in [6.07, 6.45) is 1.19. The number of hydrogen-bond donors (Lipinski definition) is 1. The molecule has 0 aromatic rings. The molecule has 1 N–H and O–H groups in total. The number of rotatable bonds is 5. The van der Waals surface area contributed by atoms with E-state index in [0.29, 0.717) is 19.6 Å². The third-order valence-corrected chi connectivity index (χ3v) is 3.73. The minimum atomic E-state index is -0.419. The van der Waals surface area contributed by atoms with E-state index < -0.39 is 11.5 Å². The molecule has 0 radical (unpaired) electrons. The van der Waals surface area contributed by atoms with Gasteiger partial charge in [-0.1, -0.05) is 48.5 Å². The van der Waals surface area contributed by atoms with Crippen LogP contribution in [0.15, 0.2) is 0 Å². The predicted molar refractivity (Wildman–Crippen MR) is 81.6 cm³/mol. The predicted octanol–water partition coefficient (Wildman–Crippen LogP) is 2.95. The smallest absolute Gasteiger partial charge is 0.231 e. The second-order valence-electron chi connectivity index (χ2n) is 6.22. The highest BCUT2D eigenvalue weighted by molar-refractivity contribution is 5.92. The van der Waals surface area contributed by atoms with Crippen LogP contribution in [0.3, 0.4) is 0 Å². The van der Waals surface area contributed by atoms with Gasteiger partial charge < -0.3 is 10.1 Å². The molecule has 4 nitrogen and oxygen atoms in total. The summed E-state index contributed by atoms with van der Waals surface area (Å²) in [5, 5.41) is 2.93. The topological polar surface area (TPSA) is 55.4 Å². The lowest BCUT2D eigenvalue weighted by Crippen LogP contribution is -2.59. The Hall–Kier alpha value is -0.900. The number of nitrogens with one attached hydrogen (secondary N) is 1. The van der Waals surface area contributed by atoms with Crippen LogP contribution >= 0.6 is 0 Å². The summed E-state index contributed by atoms with van der Waals surface area (Å²) in [5.74, 6) is 0.0420. The van der Waals surface area contributed by atoms with Gasteiger partial charge in [0, 0.05) is 6.42 Å². The van der Waals surface area contributed by atoms with E-state index in [0.717, 1.165) is 6.42 Å². The van der Waals surface area contributed by atoms with E-state index in [1.165, 1.54) is 0 Å². The van der Waals surface area contributed by atoms with Crippen LogP contribution < -0.4 is 5.32 Å². The van der Waals surface area contributed by atoms with Crippen molar-refractivity contribution in [1.82, 2.24) is 5.32 Å². The summed E-state index contributed by atoms with van der Waals surface area (Å²) in [5.41, 5.74) is -0.681. The molecular weight excluding hydrogens is 254 g/mol. The zero-order chi connectivity index (χ0) is 16.0. The highest BCUT2D eigenvalue weighted by Gasteiger charge is 2.46. The highest BCUT2D eigenvalue weighted by Crippen LogP contribution is 2.32. The lowest BCUT2D eigenvalue weighted by Gasteiger charge is -2.41. The van der Waals surface area contributed by atoms with Crippen molar-refractivity contribution in [2.24, 2.45) is 10.8 Å². The molecule has 0 saturated carbocycles. The molecule has 0 aromatic heterocycles. The molecule has 118 valence electrons. The third kappa shape index (κ3) is 4.30. The average Bonchev–Trinajstić information content (AvgIpc) is 2.35. The molecule has 0 aromatic carbocycles. The number of ether oxygens (including phenoxy) is 1. The molecule has 20 heavy (non-hydrogen) atoms. The van der Waals surface area contributed by atoms with Crippen LogP contribution in [0.2, 0.25) is 0 Å². The van der Waals surface area contributed by atoms with Crippen molar-refractivity contribution in [3.8, 4) is 0 Å². The van der Waals surface area contributed by atoms with Gasteiger partial charge in [-0.15, -0.1) is 0 Å². The van der Waals surface area contributed by atoms with Crippen LogP contribution in [0.4, 0.5) is 0 Å². The molecule has 1 amide bonds. The first-order valence-electron chi connectivity index (χ1n) is 7.68. The molecule has 1 unspecified atom stereocenters. The van der Waals surface area contributed by atoms with E-state index in [4.69, 9.17) is 4.74 Å². The normalized spacial score (nSPS) is 18.1. The van der Waals surface area contributed by atoms with E-state index in [9.17, 15) is 9.59 Å². The van der Waals surface area contributed by atoms with E-state index in [1.807, 2.05) is 48.5 Å². The summed E-state index contributed by atoms with van der Waals surface area (Å²) in [7, 11) is 0. The van der Waals surface area contributed by atoms with E-state index >= 15 is 0 Å². The second-order valence-corrected chi connectivity index (χ2v) is 6.22. The lowest BCUT2D eigenvalue weighted by atomic mass is 9.79. The molecule has 0 bridgehead atoms. The molecule has 1 aliphatic rings. The molecule has 1 rings (SSSR count). The van der Waals surface area contributed by atoms with Crippen molar-refractivity contribution < 1.29 is 14.3 Å². The maximum Gasteiger partial charge on any atom is 0.231 e. The fourth-order valence-corrected chi connectivity index (χ4v) is 2.11. The van der Waals surface area contributed by atoms with Gasteiger partial charge in [-0.3, -0.25) is 9.59 Å². The van der Waals surface area contributed by atoms with Gasteiger partial charge >= 0.3 is 0 Å². The first-order chi connectivity index (χ1) is 9.27. The van der Waals surface area contributed by atoms with Crippen molar-refractivity contribution in [3.05, 3.63) is 0 Å². The number of Topliss-reactive ketones (excluding diaryl/α,β-unsaturated/α-hetero) is 1. The van der Waals surface area contributed by atoms with Gasteiger partial charge in [0.25, 0.3) is 0 Å². The number of amides is 1. The Labute approximate surface area is 123 Å². The molecule has 4 heteroatoms. The minimum Gasteiger partial charge on any atom is -0.379 e. The van der Waals surface area contributed by atoms with Crippen molar-refractivity contribution in [2.45, 2.75) is 67.3 Å². The molecule has 1 saturated heterocycles. The van der Waals surface area contributed by atoms with E-state index in [2.05, 4.69) is 5.32 Å². The molecular formula is C16H31NO3. The summed E-state index contributed by atoms with van der Waals surface area (Å²) >= 11 is 0. The average molecular weight is 285 g/mol. The van der Waals surface area contributed by atoms with E-state index in [1.54, 1.807) is 0 Å². The van der Waals surface area contributed by atoms with Crippen LogP contribution in [-0.2, 0) is 14.3 Å². The van der Waals surface area contributed by atoms with Gasteiger partial charge in [0.1, 0.15) is 0 Å². The van der Waals surface area contributed by atoms with Crippen molar-refractivity contribution in [2.75, 3.05) is 13.2 Å². The summed E-state index contributed by atoms with van der Waals surface area (Å²) < 4.78 is 5.16. The maximum absolute atomic E-state index is 12.3. The van der Waals surface area contributed by atoms with Crippen molar-refractivity contribution in [3.63, 3.8) is 0 Å². The first kappa shape index (κ1) is 19.1. The SMILES string of the molecule is CC.CCC(=O)C(NC(=O)C1(CC)COC1)C(C)(C)C. The largest absolute Gasteiger partial charge is 0.379 e. The lowest BCUT2D eigenvalue weighted by molar-refractivity contribution is -0.164. The van der Waals surface area contributed by atoms with Crippen LogP contribution in [0.25, 0.3) is 0 Å². The van der Waals surface area contributed by atoms with Gasteiger partial charge in [-0.2, -0.15) is 0 Å². The molecule has 1 aliphatic heterocycles. The maximum atomic E-state index is 12.3. The summed E-state index contributed by atoms with van der Waals surface area (Å²) in [4.78, 5) is 24.3. The Bertz CT molecular complexity index is 322. The standard InChI is InChI=1S/C14H25NO3.C2H6/c1-6-10(16)11(13(3,4)5)15-12(17)14(7-2)8-18-9-14;1-2/h11H,6-9H2,1-5H3,(H,15,17);1-2H3. The van der Waals surface area contributed by atoms with Crippen LogP contribution in [-0.4, -0.2) is 30.9 Å². The summed E-state index contributed by atoms with van der Waals surface area (Å²) in [6, 6.07) is -0.418. The number of carbonyl (C=O) groups is 2. The van der Waals surface area contributed by atoms with Gasteiger partial charge in [-0.25, -0.2) is 0 Å². The van der Waals surface area contributed by atoms with Crippen LogP contribution in [0, 0.1) is 10.8 Å². The van der Waals surface area contributed by atoms with Gasteiger partial charge in [0.15, 0.2) is 5.78 Å². The van der Waals surface area contributed by atoms with Crippen molar-refractivity contribution >= 4 is 11.7 Å². The Morgan fingerprint density at radius 1 is 1.20 bits per heavy atom. The Morgan fingerprint density at radius 2 is 1.70 bits per heavy atom. The quantitative estimate of drug-likeness (QED) is 0.845. The summed E-state index contributed by atoms with van der Waals surface area (Å²) in [6.45, 7) is 14.7. The van der Waals surface area contributed by atoms with Gasteiger partial charge in [0.05, 0.1) is 24.7 Å². The third-order valence-electron chi connectivity index (χ3n) is 3.73. The number of hydrogen-bond acceptors (Lipinski definition) is 3. The van der Waals surface area contributed by atoms with Crippen molar-refractivity contribution in [1.29, 1.82) is 0 Å². The highest BCUT2D eigenvalue weighted by atomic mass is 16.5. The molecule has 0 aliphatic carbocycles. The first-order valence-corrected chi connectivity index (χ1v) is 7.68. The molecule has 1 fully saturated rings. The fourth-order valence-electron chi connectivity index (χ4n) is 2.11. The van der Waals surface area contributed by atoms with Gasteiger partial charge in [0.2, 0.25) is 5.91 Å². The zero-order valence-electron chi connectivity index (χ0n) is 14.1. The monoisotopic (exact) mass is 285 g/mol. The van der Waals surface area contributed by atoms with Gasteiger partial charge in [-0.05, 0) is 11.8 Å². The fraction of sp³-hybridized carbons (Fsp3) is 0.875. The molecule has 0 spiro atoms. The van der Waals surface area contributed by atoms with Crippen LogP contribution in [0.1, 0.15) is 61.3 Å². The van der Waals surface area contributed by atoms with E-state index in [-0.39, 0.29) is 17.1 Å². The number of ketones is 1. The Kier molecular flexibility index (Phi) is 7.42. The Balaban J connectivity index is 0.00000172. The number of carbonyl (C=O) groups excluding carboxylic acids is 2. The molecule has 1 atom stereocenters. The second kappa shape index (κ2) is 7.77. The molecule has 1 heterocycles. The van der Waals surface area contributed by atoms with Crippen LogP contribution in [0.5, 0.6) is 0 Å². The zero-order valence-corrected chi connectivity index (χ0v) is 14.1.